The number of aliphatic hydroxyl groups is 2. The normalized spacial score (nSPS) is 27.1. The first kappa shape index (κ1) is 23.6. The van der Waals surface area contributed by atoms with E-state index in [2.05, 4.69) is 18.8 Å². The summed E-state index contributed by atoms with van der Waals surface area (Å²) in [5, 5.41) is 30.2. The maximum atomic E-state index is 12.3. The first-order valence-electron chi connectivity index (χ1n) is 11.3. The molecule has 2 rings (SSSR count). The third kappa shape index (κ3) is 6.97. The van der Waals surface area contributed by atoms with Crippen molar-refractivity contribution in [2.75, 3.05) is 0 Å². The van der Waals surface area contributed by atoms with Crippen LogP contribution >= 0.6 is 0 Å². The molecule has 5 nitrogen and oxygen atoms in total. The van der Waals surface area contributed by atoms with Gasteiger partial charge in [-0.3, -0.25) is 9.59 Å². The van der Waals surface area contributed by atoms with E-state index in [1.54, 1.807) is 0 Å². The lowest BCUT2D eigenvalue weighted by Gasteiger charge is -2.36. The highest BCUT2D eigenvalue weighted by Gasteiger charge is 2.37. The summed E-state index contributed by atoms with van der Waals surface area (Å²) in [4.78, 5) is 22.9. The highest BCUT2D eigenvalue weighted by molar-refractivity contribution is 6.00. The van der Waals surface area contributed by atoms with Gasteiger partial charge in [-0.15, -0.1) is 0 Å². The van der Waals surface area contributed by atoms with E-state index in [1.165, 1.54) is 0 Å². The fourth-order valence-corrected chi connectivity index (χ4v) is 4.52. The summed E-state index contributed by atoms with van der Waals surface area (Å²) in [6, 6.07) is 0. The first-order valence-corrected chi connectivity index (χ1v) is 11.3. The van der Waals surface area contributed by atoms with Gasteiger partial charge in [0.1, 0.15) is 5.60 Å². The Bertz CT molecular complexity index is 668. The molecule has 0 aromatic rings. The van der Waals surface area contributed by atoms with Gasteiger partial charge in [-0.25, -0.2) is 0 Å². The Kier molecular flexibility index (Phi) is 9.39. The quantitative estimate of drug-likeness (QED) is 0.375. The van der Waals surface area contributed by atoms with Crippen molar-refractivity contribution in [3.8, 4) is 11.8 Å². The Morgan fingerprint density at radius 2 is 1.93 bits per heavy atom. The Hall–Kier alpha value is -1.64. The Morgan fingerprint density at radius 1 is 1.17 bits per heavy atom. The molecule has 0 saturated heterocycles. The van der Waals surface area contributed by atoms with Gasteiger partial charge in [-0.1, -0.05) is 50.9 Å². The molecule has 3 N–H and O–H groups in total. The van der Waals surface area contributed by atoms with Crippen LogP contribution in [0.1, 0.15) is 96.8 Å². The number of carboxylic acids is 1. The van der Waals surface area contributed by atoms with E-state index in [0.29, 0.717) is 30.4 Å². The minimum absolute atomic E-state index is 0.0505. The third-order valence-corrected chi connectivity index (χ3v) is 6.30. The molecule has 0 radical (unpaired) electrons. The molecular weight excluding hydrogens is 368 g/mol. The predicted molar refractivity (Wildman–Crippen MR) is 112 cm³/mol. The van der Waals surface area contributed by atoms with Crippen molar-refractivity contribution in [2.45, 2.75) is 109 Å². The van der Waals surface area contributed by atoms with E-state index in [1.807, 2.05) is 0 Å². The summed E-state index contributed by atoms with van der Waals surface area (Å²) >= 11 is 0. The van der Waals surface area contributed by atoms with Crippen LogP contribution in [0.25, 0.3) is 0 Å². The van der Waals surface area contributed by atoms with Crippen molar-refractivity contribution >= 4 is 11.8 Å². The van der Waals surface area contributed by atoms with Gasteiger partial charge in [0.25, 0.3) is 0 Å². The molecule has 3 atom stereocenters. The minimum Gasteiger partial charge on any atom is -0.481 e. The summed E-state index contributed by atoms with van der Waals surface area (Å²) < 4.78 is 0. The molecule has 2 aliphatic rings. The van der Waals surface area contributed by atoms with Crippen molar-refractivity contribution in [1.29, 1.82) is 0 Å². The van der Waals surface area contributed by atoms with Crippen molar-refractivity contribution in [3.05, 3.63) is 11.1 Å². The van der Waals surface area contributed by atoms with Crippen molar-refractivity contribution < 1.29 is 24.9 Å². The van der Waals surface area contributed by atoms with Gasteiger partial charge in [0.15, 0.2) is 5.78 Å². The monoisotopic (exact) mass is 404 g/mol. The number of rotatable bonds is 10. The second kappa shape index (κ2) is 11.5. The van der Waals surface area contributed by atoms with E-state index < -0.39 is 17.7 Å². The molecular formula is C24H36O5. The van der Waals surface area contributed by atoms with Crippen molar-refractivity contribution in [1.82, 2.24) is 0 Å². The van der Waals surface area contributed by atoms with Crippen LogP contribution in [0.5, 0.6) is 0 Å². The molecule has 162 valence electrons. The zero-order valence-electron chi connectivity index (χ0n) is 17.7. The third-order valence-electron chi connectivity index (χ3n) is 6.30. The van der Waals surface area contributed by atoms with Crippen molar-refractivity contribution in [2.24, 2.45) is 5.92 Å². The molecule has 1 fully saturated rings. The number of allylic oxidation sites excluding steroid dienone is 1. The standard InChI is InChI=1S/C24H36O5/c1-2-3-10-18-11-8-9-15-24(18,29)16-14-20-19(21(25)17-22(20)26)12-6-4-5-7-13-23(27)28/h18,22,26,29H,2-13,15,17H2,1H3,(H,27,28). The van der Waals surface area contributed by atoms with Gasteiger partial charge in [0, 0.05) is 24.0 Å². The molecule has 0 aromatic heterocycles. The number of unbranched alkanes of at least 4 members (excludes halogenated alkanes) is 4. The van der Waals surface area contributed by atoms with Gasteiger partial charge in [0.05, 0.1) is 6.10 Å². The number of carboxylic acid groups (broad SMARTS) is 1. The number of hydrogen-bond acceptors (Lipinski definition) is 4. The van der Waals surface area contributed by atoms with E-state index in [0.717, 1.165) is 57.8 Å². The van der Waals surface area contributed by atoms with Gasteiger partial charge >= 0.3 is 5.97 Å². The molecule has 0 amide bonds. The lowest BCUT2D eigenvalue weighted by Crippen LogP contribution is -2.39. The molecule has 0 spiro atoms. The number of Topliss-reactive ketones (excluding diaryl/α,β-unsaturated/α-hetero) is 1. The number of aliphatic carboxylic acids is 1. The van der Waals surface area contributed by atoms with Gasteiger partial charge < -0.3 is 15.3 Å². The molecule has 0 heterocycles. The summed E-state index contributed by atoms with van der Waals surface area (Å²) in [5.74, 6) is 5.43. The topological polar surface area (TPSA) is 94.8 Å². The fourth-order valence-electron chi connectivity index (χ4n) is 4.52. The largest absolute Gasteiger partial charge is 0.481 e. The SMILES string of the molecule is CCCCC1CCCCC1(O)C#CC1=C(CCCCCCC(=O)O)C(=O)CC1O. The molecule has 0 aliphatic heterocycles. The highest BCUT2D eigenvalue weighted by atomic mass is 16.4. The predicted octanol–water partition coefficient (Wildman–Crippen LogP) is 4.16. The van der Waals surface area contributed by atoms with Crippen LogP contribution in [0.4, 0.5) is 0 Å². The maximum absolute atomic E-state index is 12.3. The van der Waals surface area contributed by atoms with Crippen LogP contribution in [0, 0.1) is 17.8 Å². The molecule has 1 saturated carbocycles. The molecule has 29 heavy (non-hydrogen) atoms. The lowest BCUT2D eigenvalue weighted by molar-refractivity contribution is -0.137. The molecule has 0 bridgehead atoms. The number of ketones is 1. The minimum atomic E-state index is -1.02. The Morgan fingerprint density at radius 3 is 2.66 bits per heavy atom. The highest BCUT2D eigenvalue weighted by Crippen LogP contribution is 2.37. The summed E-state index contributed by atoms with van der Waals surface area (Å²) in [6.45, 7) is 2.15. The number of carbonyl (C=O) groups is 2. The first-order chi connectivity index (χ1) is 13.9. The smallest absolute Gasteiger partial charge is 0.303 e. The van der Waals surface area contributed by atoms with Gasteiger partial charge in [0.2, 0.25) is 0 Å². The Labute approximate surface area is 174 Å². The zero-order valence-corrected chi connectivity index (χ0v) is 17.7. The van der Waals surface area contributed by atoms with Crippen LogP contribution in [0.15, 0.2) is 11.1 Å². The van der Waals surface area contributed by atoms with E-state index >= 15 is 0 Å². The van der Waals surface area contributed by atoms with E-state index in [-0.39, 0.29) is 24.5 Å². The molecule has 3 unspecified atom stereocenters. The summed E-state index contributed by atoms with van der Waals surface area (Å²) in [5.41, 5.74) is 0.0785. The van der Waals surface area contributed by atoms with Crippen LogP contribution in [-0.4, -0.2) is 38.8 Å². The molecule has 2 aliphatic carbocycles. The number of hydrogen-bond donors (Lipinski definition) is 3. The van der Waals surface area contributed by atoms with Crippen LogP contribution < -0.4 is 0 Å². The van der Waals surface area contributed by atoms with Crippen LogP contribution in [0.2, 0.25) is 0 Å². The average molecular weight is 405 g/mol. The van der Waals surface area contributed by atoms with Crippen LogP contribution in [0.3, 0.4) is 0 Å². The van der Waals surface area contributed by atoms with Gasteiger partial charge in [-0.05, 0) is 50.9 Å². The van der Waals surface area contributed by atoms with Crippen LogP contribution in [-0.2, 0) is 9.59 Å². The van der Waals surface area contributed by atoms with E-state index in [4.69, 9.17) is 5.11 Å². The maximum Gasteiger partial charge on any atom is 0.303 e. The second-order valence-corrected chi connectivity index (χ2v) is 8.60. The zero-order chi connectivity index (χ0) is 21.3. The average Bonchev–Trinajstić information content (AvgIpc) is 2.94. The van der Waals surface area contributed by atoms with E-state index in [9.17, 15) is 19.8 Å². The summed E-state index contributed by atoms with van der Waals surface area (Å²) in [7, 11) is 0. The molecule has 0 aromatic carbocycles. The molecule has 5 heteroatoms. The van der Waals surface area contributed by atoms with Crippen molar-refractivity contribution in [3.63, 3.8) is 0 Å². The van der Waals surface area contributed by atoms with Gasteiger partial charge in [-0.2, -0.15) is 0 Å². The second-order valence-electron chi connectivity index (χ2n) is 8.60. The number of carbonyl (C=O) groups excluding carboxylic acids is 1. The lowest BCUT2D eigenvalue weighted by atomic mass is 9.73. The Balaban J connectivity index is 2.04. The number of aliphatic hydroxyl groups excluding tert-OH is 1. The fraction of sp³-hybridized carbons (Fsp3) is 0.750. The summed E-state index contributed by atoms with van der Waals surface area (Å²) in [6.07, 6.45) is 9.89.